The maximum absolute atomic E-state index is 12.8. The van der Waals surface area contributed by atoms with E-state index in [2.05, 4.69) is 34.3 Å². The average Bonchev–Trinajstić information content (AvgIpc) is 3.20. The van der Waals surface area contributed by atoms with Crippen molar-refractivity contribution >= 4 is 11.9 Å². The van der Waals surface area contributed by atoms with E-state index in [4.69, 9.17) is 0 Å². The van der Waals surface area contributed by atoms with Gasteiger partial charge in [0, 0.05) is 0 Å². The quantitative estimate of drug-likeness (QED) is 0.403. The van der Waals surface area contributed by atoms with E-state index in [1.807, 2.05) is 6.92 Å². The molecule has 0 aromatic carbocycles. The Kier molecular flexibility index (Phi) is 5.67. The molecule has 0 radical (unpaired) electrons. The van der Waals surface area contributed by atoms with Crippen LogP contribution in [0.25, 0.3) is 0 Å². The Hall–Kier alpha value is -1.32. The van der Waals surface area contributed by atoms with E-state index in [-0.39, 0.29) is 28.1 Å². The summed E-state index contributed by atoms with van der Waals surface area (Å²) < 4.78 is 0. The molecule has 5 rings (SSSR count). The molecule has 5 saturated carbocycles. The van der Waals surface area contributed by atoms with Crippen LogP contribution < -0.4 is 0 Å². The Labute approximate surface area is 212 Å². The number of hydrogen-bond donors (Lipinski definition) is 2. The predicted molar refractivity (Wildman–Crippen MR) is 138 cm³/mol. The SMILES string of the molecule is C=C(CC)C1CCC2(C(=O)O)CCC3(C)C(CCC4C5(C)CCCC(C)(C(=O)O)C5CCC43C)C12. The van der Waals surface area contributed by atoms with Crippen molar-refractivity contribution in [2.75, 3.05) is 0 Å². The Morgan fingerprint density at radius 1 is 0.800 bits per heavy atom. The first-order valence-corrected chi connectivity index (χ1v) is 14.5. The molecule has 2 N–H and O–H groups in total. The Morgan fingerprint density at radius 2 is 1.51 bits per heavy atom. The summed E-state index contributed by atoms with van der Waals surface area (Å²) in [6, 6.07) is 0. The molecule has 0 heterocycles. The van der Waals surface area contributed by atoms with Crippen LogP contribution in [0.5, 0.6) is 0 Å². The Balaban J connectivity index is 1.56. The molecule has 196 valence electrons. The number of rotatable bonds is 4. The van der Waals surface area contributed by atoms with Crippen LogP contribution in [0.4, 0.5) is 0 Å². The molecule has 0 saturated heterocycles. The summed E-state index contributed by atoms with van der Waals surface area (Å²) >= 11 is 0. The molecule has 0 spiro atoms. The average molecular weight is 485 g/mol. The molecule has 0 aromatic rings. The van der Waals surface area contributed by atoms with Gasteiger partial charge in [0.2, 0.25) is 0 Å². The van der Waals surface area contributed by atoms with Crippen LogP contribution in [0.2, 0.25) is 0 Å². The van der Waals surface area contributed by atoms with E-state index in [9.17, 15) is 19.8 Å². The molecule has 5 aliphatic rings. The first-order chi connectivity index (χ1) is 16.3. The predicted octanol–water partition coefficient (Wildman–Crippen LogP) is 7.57. The first-order valence-electron chi connectivity index (χ1n) is 14.5. The van der Waals surface area contributed by atoms with Gasteiger partial charge in [-0.05, 0) is 123 Å². The van der Waals surface area contributed by atoms with E-state index in [1.54, 1.807) is 0 Å². The molecule has 4 heteroatoms. The van der Waals surface area contributed by atoms with Crippen molar-refractivity contribution in [1.82, 2.24) is 0 Å². The van der Waals surface area contributed by atoms with Crippen molar-refractivity contribution < 1.29 is 19.8 Å². The zero-order chi connectivity index (χ0) is 25.6. The summed E-state index contributed by atoms with van der Waals surface area (Å²) in [5, 5.41) is 20.8. The fourth-order valence-corrected chi connectivity index (χ4v) is 11.7. The van der Waals surface area contributed by atoms with E-state index in [0.717, 1.165) is 77.0 Å². The topological polar surface area (TPSA) is 74.6 Å². The van der Waals surface area contributed by atoms with Gasteiger partial charge in [0.15, 0.2) is 0 Å². The van der Waals surface area contributed by atoms with Crippen LogP contribution in [-0.2, 0) is 9.59 Å². The van der Waals surface area contributed by atoms with E-state index in [0.29, 0.717) is 17.8 Å². The summed E-state index contributed by atoms with van der Waals surface area (Å²) in [6.07, 6.45) is 11.8. The normalized spacial score (nSPS) is 53.0. The monoisotopic (exact) mass is 484 g/mol. The zero-order valence-electron chi connectivity index (χ0n) is 22.8. The fraction of sp³-hybridized carbons (Fsp3) is 0.871. The lowest BCUT2D eigenvalue weighted by atomic mass is 9.32. The highest BCUT2D eigenvalue weighted by molar-refractivity contribution is 5.76. The lowest BCUT2D eigenvalue weighted by Gasteiger charge is -2.72. The minimum absolute atomic E-state index is 0.0514. The number of fused-ring (bicyclic) bond motifs is 7. The number of hydrogen-bond acceptors (Lipinski definition) is 2. The van der Waals surface area contributed by atoms with Gasteiger partial charge in [-0.1, -0.05) is 46.3 Å². The van der Waals surface area contributed by atoms with Crippen molar-refractivity contribution in [2.45, 2.75) is 112 Å². The van der Waals surface area contributed by atoms with Crippen LogP contribution >= 0.6 is 0 Å². The number of carboxylic acids is 2. The van der Waals surface area contributed by atoms with Gasteiger partial charge in [0.1, 0.15) is 0 Å². The number of carboxylic acid groups (broad SMARTS) is 2. The molecule has 5 aliphatic carbocycles. The lowest BCUT2D eigenvalue weighted by Crippen LogP contribution is -2.66. The van der Waals surface area contributed by atoms with Crippen molar-refractivity contribution in [1.29, 1.82) is 0 Å². The van der Waals surface area contributed by atoms with Crippen molar-refractivity contribution in [3.8, 4) is 0 Å². The molecule has 0 aromatic heterocycles. The Morgan fingerprint density at radius 3 is 2.14 bits per heavy atom. The standard InChI is InChI=1S/C31H48O4/c1-7-19(2)20-11-16-31(26(34)35)18-17-29(5)21(24(20)31)9-10-23-27(3)13-8-14-28(4,25(32)33)22(27)12-15-30(23,29)6/h20-24H,2,7-18H2,1,3-6H3,(H,32,33)(H,34,35). The highest BCUT2D eigenvalue weighted by Gasteiger charge is 2.72. The first kappa shape index (κ1) is 25.3. The van der Waals surface area contributed by atoms with Crippen LogP contribution in [0.3, 0.4) is 0 Å². The second-order valence-corrected chi connectivity index (χ2v) is 14.4. The highest BCUT2D eigenvalue weighted by Crippen LogP contribution is 2.77. The lowest BCUT2D eigenvalue weighted by molar-refractivity contribution is -0.240. The second kappa shape index (κ2) is 7.84. The van der Waals surface area contributed by atoms with Crippen molar-refractivity contribution in [2.24, 2.45) is 56.7 Å². The molecule has 5 fully saturated rings. The van der Waals surface area contributed by atoms with Gasteiger partial charge in [-0.25, -0.2) is 0 Å². The number of aliphatic carboxylic acids is 2. The van der Waals surface area contributed by atoms with Crippen molar-refractivity contribution in [3.63, 3.8) is 0 Å². The number of allylic oxidation sites excluding steroid dienone is 1. The van der Waals surface area contributed by atoms with Gasteiger partial charge in [0.05, 0.1) is 10.8 Å². The molecule has 4 nitrogen and oxygen atoms in total. The van der Waals surface area contributed by atoms with Crippen molar-refractivity contribution in [3.05, 3.63) is 12.2 Å². The molecule has 10 unspecified atom stereocenters. The summed E-state index contributed by atoms with van der Waals surface area (Å²) in [7, 11) is 0. The highest BCUT2D eigenvalue weighted by atomic mass is 16.4. The van der Waals surface area contributed by atoms with Gasteiger partial charge in [-0.3, -0.25) is 9.59 Å². The Bertz CT molecular complexity index is 940. The largest absolute Gasteiger partial charge is 0.481 e. The third-order valence-corrected chi connectivity index (χ3v) is 13.8. The maximum atomic E-state index is 12.8. The van der Waals surface area contributed by atoms with Crippen LogP contribution in [0.15, 0.2) is 12.2 Å². The molecular weight excluding hydrogens is 436 g/mol. The number of carbonyl (C=O) groups is 2. The molecule has 0 amide bonds. The second-order valence-electron chi connectivity index (χ2n) is 14.4. The third kappa shape index (κ3) is 2.98. The molecule has 10 atom stereocenters. The van der Waals surface area contributed by atoms with Crippen LogP contribution in [0, 0.1) is 56.7 Å². The van der Waals surface area contributed by atoms with Gasteiger partial charge >= 0.3 is 11.9 Å². The maximum Gasteiger partial charge on any atom is 0.309 e. The molecule has 0 aliphatic heterocycles. The summed E-state index contributed by atoms with van der Waals surface area (Å²) in [5.74, 6) is 0.527. The summed E-state index contributed by atoms with van der Waals surface area (Å²) in [5.41, 5.74) is 0.339. The summed E-state index contributed by atoms with van der Waals surface area (Å²) in [4.78, 5) is 25.3. The van der Waals surface area contributed by atoms with E-state index in [1.165, 1.54) is 5.57 Å². The molecule has 0 bridgehead atoms. The van der Waals surface area contributed by atoms with Crippen LogP contribution in [-0.4, -0.2) is 22.2 Å². The third-order valence-electron chi connectivity index (χ3n) is 13.8. The van der Waals surface area contributed by atoms with Crippen LogP contribution in [0.1, 0.15) is 112 Å². The molecule has 35 heavy (non-hydrogen) atoms. The van der Waals surface area contributed by atoms with E-state index >= 15 is 0 Å². The fourth-order valence-electron chi connectivity index (χ4n) is 11.7. The summed E-state index contributed by atoms with van der Waals surface area (Å²) in [6.45, 7) is 16.1. The minimum atomic E-state index is -0.619. The smallest absolute Gasteiger partial charge is 0.309 e. The zero-order valence-corrected chi connectivity index (χ0v) is 22.8. The van der Waals surface area contributed by atoms with Gasteiger partial charge in [-0.15, -0.1) is 0 Å². The van der Waals surface area contributed by atoms with Gasteiger partial charge < -0.3 is 10.2 Å². The molecular formula is C31H48O4. The minimum Gasteiger partial charge on any atom is -0.481 e. The van der Waals surface area contributed by atoms with E-state index < -0.39 is 22.8 Å². The van der Waals surface area contributed by atoms with Gasteiger partial charge in [-0.2, -0.15) is 0 Å². The van der Waals surface area contributed by atoms with Gasteiger partial charge in [0.25, 0.3) is 0 Å².